The van der Waals surface area contributed by atoms with Crippen LogP contribution in [0.15, 0.2) is 42.7 Å². The molecule has 0 aliphatic carbocycles. The van der Waals surface area contributed by atoms with Crippen molar-refractivity contribution in [3.63, 3.8) is 0 Å². The van der Waals surface area contributed by atoms with E-state index in [-0.39, 0.29) is 0 Å². The number of rotatable bonds is 3. The Kier molecular flexibility index (Phi) is 3.15. The Hall–Kier alpha value is -3.02. The maximum absolute atomic E-state index is 4.70. The molecule has 4 rings (SSSR count). The molecule has 0 radical (unpaired) electrons. The highest BCUT2D eigenvalue weighted by atomic mass is 15.1. The van der Waals surface area contributed by atoms with Gasteiger partial charge < -0.3 is 9.88 Å². The van der Waals surface area contributed by atoms with Crippen LogP contribution in [0.25, 0.3) is 22.2 Å². The normalized spacial score (nSPS) is 11.2. The van der Waals surface area contributed by atoms with E-state index in [4.69, 9.17) is 4.98 Å². The number of nitrogens with zero attached hydrogens (tertiary/aromatic N) is 5. The average molecular weight is 304 g/mol. The monoisotopic (exact) mass is 304 g/mol. The van der Waals surface area contributed by atoms with Crippen LogP contribution in [0.2, 0.25) is 0 Å². The van der Waals surface area contributed by atoms with Crippen LogP contribution in [-0.2, 0) is 13.6 Å². The lowest BCUT2D eigenvalue weighted by molar-refractivity contribution is 0.830. The van der Waals surface area contributed by atoms with Gasteiger partial charge in [0.05, 0.1) is 17.6 Å². The van der Waals surface area contributed by atoms with Crippen LogP contribution in [-0.4, -0.2) is 24.5 Å². The molecule has 0 atom stereocenters. The van der Waals surface area contributed by atoms with Crippen molar-refractivity contribution < 1.29 is 0 Å². The number of aryl methyl sites for hydroxylation is 2. The number of fused-ring (bicyclic) bond motifs is 2. The molecule has 0 unspecified atom stereocenters. The molecule has 23 heavy (non-hydrogen) atoms. The Morgan fingerprint density at radius 2 is 1.87 bits per heavy atom. The number of pyridine rings is 1. The summed E-state index contributed by atoms with van der Waals surface area (Å²) >= 11 is 0. The molecule has 0 amide bonds. The minimum Gasteiger partial charge on any atom is -0.363 e. The first-order valence-electron chi connectivity index (χ1n) is 7.45. The molecule has 4 aromatic rings. The van der Waals surface area contributed by atoms with Crippen LogP contribution in [0, 0.1) is 6.92 Å². The summed E-state index contributed by atoms with van der Waals surface area (Å²) in [7, 11) is 2.04. The molecule has 6 nitrogen and oxygen atoms in total. The number of nitrogens with one attached hydrogen (secondary N) is 1. The van der Waals surface area contributed by atoms with E-state index in [9.17, 15) is 0 Å². The van der Waals surface area contributed by atoms with Gasteiger partial charge in [-0.25, -0.2) is 15.0 Å². The highest BCUT2D eigenvalue weighted by Gasteiger charge is 2.09. The van der Waals surface area contributed by atoms with Crippen molar-refractivity contribution in [2.45, 2.75) is 13.5 Å². The molecule has 0 saturated carbocycles. The summed E-state index contributed by atoms with van der Waals surface area (Å²) in [5.74, 6) is 1.73. The summed E-state index contributed by atoms with van der Waals surface area (Å²) in [6.07, 6.45) is 3.31. The highest BCUT2D eigenvalue weighted by molar-refractivity contribution is 5.79. The van der Waals surface area contributed by atoms with Crippen LogP contribution >= 0.6 is 0 Å². The second-order valence-corrected chi connectivity index (χ2v) is 5.48. The minimum atomic E-state index is 0.601. The van der Waals surface area contributed by atoms with Crippen LogP contribution in [0.3, 0.4) is 0 Å². The highest BCUT2D eigenvalue weighted by Crippen LogP contribution is 2.19. The number of hydrogen-bond donors (Lipinski definition) is 1. The smallest absolute Gasteiger partial charge is 0.180 e. The van der Waals surface area contributed by atoms with E-state index in [1.165, 1.54) is 11.1 Å². The van der Waals surface area contributed by atoms with Gasteiger partial charge in [0.1, 0.15) is 17.2 Å². The molecule has 3 heterocycles. The van der Waals surface area contributed by atoms with E-state index in [1.807, 2.05) is 31.3 Å². The molecule has 114 valence electrons. The second kappa shape index (κ2) is 5.31. The van der Waals surface area contributed by atoms with Crippen molar-refractivity contribution in [3.05, 3.63) is 54.1 Å². The largest absolute Gasteiger partial charge is 0.363 e. The lowest BCUT2D eigenvalue weighted by Gasteiger charge is -2.07. The third-order valence-electron chi connectivity index (χ3n) is 3.95. The topological polar surface area (TPSA) is 68.5 Å². The first-order chi connectivity index (χ1) is 11.2. The van der Waals surface area contributed by atoms with Gasteiger partial charge in [-0.3, -0.25) is 4.98 Å². The van der Waals surface area contributed by atoms with Gasteiger partial charge >= 0.3 is 0 Å². The molecule has 1 aromatic carbocycles. The molecule has 0 saturated heterocycles. The maximum Gasteiger partial charge on any atom is 0.180 e. The number of benzene rings is 1. The Morgan fingerprint density at radius 1 is 1.00 bits per heavy atom. The number of para-hydroxylation sites is 1. The summed E-state index contributed by atoms with van der Waals surface area (Å²) in [5, 5.41) is 3.31. The fourth-order valence-electron chi connectivity index (χ4n) is 2.79. The quantitative estimate of drug-likeness (QED) is 0.630. The zero-order valence-corrected chi connectivity index (χ0v) is 13.0. The molecule has 0 aliphatic rings. The first kappa shape index (κ1) is 13.6. The van der Waals surface area contributed by atoms with Crippen molar-refractivity contribution >= 4 is 28.0 Å². The minimum absolute atomic E-state index is 0.601. The van der Waals surface area contributed by atoms with E-state index < -0.39 is 0 Å². The molecule has 0 fully saturated rings. The molecule has 3 aromatic heterocycles. The molecular formula is C17H16N6. The van der Waals surface area contributed by atoms with E-state index in [2.05, 4.69) is 37.8 Å². The van der Waals surface area contributed by atoms with Crippen LogP contribution < -0.4 is 5.32 Å². The number of hydrogen-bond acceptors (Lipinski definition) is 5. The maximum atomic E-state index is 4.70. The van der Waals surface area contributed by atoms with Gasteiger partial charge in [0, 0.05) is 19.4 Å². The van der Waals surface area contributed by atoms with E-state index >= 15 is 0 Å². The predicted octanol–water partition coefficient (Wildman–Crippen LogP) is 2.83. The van der Waals surface area contributed by atoms with Crippen molar-refractivity contribution in [1.82, 2.24) is 24.5 Å². The number of aromatic nitrogens is 5. The van der Waals surface area contributed by atoms with E-state index in [1.54, 1.807) is 12.4 Å². The summed E-state index contributed by atoms with van der Waals surface area (Å²) in [4.78, 5) is 17.6. The fraction of sp³-hybridized carbons (Fsp3) is 0.176. The molecular weight excluding hydrogens is 288 g/mol. The SMILES string of the molecule is Cc1cccc2nc(CNc3ccc4nccnc4n3)n(C)c12. The van der Waals surface area contributed by atoms with Gasteiger partial charge in [-0.1, -0.05) is 12.1 Å². The predicted molar refractivity (Wildman–Crippen MR) is 90.1 cm³/mol. The average Bonchev–Trinajstić information content (AvgIpc) is 2.90. The molecule has 0 spiro atoms. The molecule has 6 heteroatoms. The summed E-state index contributed by atoms with van der Waals surface area (Å²) < 4.78 is 2.12. The van der Waals surface area contributed by atoms with Gasteiger partial charge in [0.25, 0.3) is 0 Å². The van der Waals surface area contributed by atoms with Crippen molar-refractivity contribution in [2.75, 3.05) is 5.32 Å². The van der Waals surface area contributed by atoms with Gasteiger partial charge in [-0.2, -0.15) is 0 Å². The Labute approximate surface area is 133 Å². The van der Waals surface area contributed by atoms with Crippen molar-refractivity contribution in [2.24, 2.45) is 7.05 Å². The second-order valence-electron chi connectivity index (χ2n) is 5.48. The van der Waals surface area contributed by atoms with E-state index in [0.717, 1.165) is 22.7 Å². The third-order valence-corrected chi connectivity index (χ3v) is 3.95. The Bertz CT molecular complexity index is 1000. The van der Waals surface area contributed by atoms with E-state index in [0.29, 0.717) is 12.2 Å². The lowest BCUT2D eigenvalue weighted by atomic mass is 10.2. The van der Waals surface area contributed by atoms with Gasteiger partial charge in [0.2, 0.25) is 0 Å². The molecule has 0 bridgehead atoms. The van der Waals surface area contributed by atoms with Crippen LogP contribution in [0.1, 0.15) is 11.4 Å². The van der Waals surface area contributed by atoms with Gasteiger partial charge in [-0.05, 0) is 30.7 Å². The van der Waals surface area contributed by atoms with Gasteiger partial charge in [0.15, 0.2) is 5.65 Å². The standard InChI is InChI=1S/C17H16N6/c1-11-4-3-5-12-16(11)23(2)15(21-12)10-20-14-7-6-13-17(22-14)19-9-8-18-13/h3-9H,10H2,1-2H3,(H,19,20,22). The summed E-state index contributed by atoms with van der Waals surface area (Å²) in [6.45, 7) is 2.70. The van der Waals surface area contributed by atoms with Gasteiger partial charge in [-0.15, -0.1) is 0 Å². The lowest BCUT2D eigenvalue weighted by Crippen LogP contribution is -2.07. The third kappa shape index (κ3) is 2.38. The van der Waals surface area contributed by atoms with Crippen LogP contribution in [0.5, 0.6) is 0 Å². The summed E-state index contributed by atoms with van der Waals surface area (Å²) in [6, 6.07) is 9.99. The fourth-order valence-corrected chi connectivity index (χ4v) is 2.79. The number of anilines is 1. The number of imidazole rings is 1. The van der Waals surface area contributed by atoms with Crippen LogP contribution in [0.4, 0.5) is 5.82 Å². The Balaban J connectivity index is 1.63. The summed E-state index contributed by atoms with van der Waals surface area (Å²) in [5.41, 5.74) is 4.83. The van der Waals surface area contributed by atoms with Crippen molar-refractivity contribution in [1.29, 1.82) is 0 Å². The Morgan fingerprint density at radius 3 is 2.74 bits per heavy atom. The zero-order chi connectivity index (χ0) is 15.8. The zero-order valence-electron chi connectivity index (χ0n) is 13.0. The van der Waals surface area contributed by atoms with Crippen molar-refractivity contribution in [3.8, 4) is 0 Å². The first-order valence-corrected chi connectivity index (χ1v) is 7.45. The molecule has 1 N–H and O–H groups in total. The molecule has 0 aliphatic heterocycles.